The van der Waals surface area contributed by atoms with Crippen molar-refractivity contribution in [3.8, 4) is 0 Å². The SMILES string of the molecule is CC(CSc1ccccc1)C(=O)N1CCc2ccc([N+](=O)[O-])cc21. The van der Waals surface area contributed by atoms with Crippen molar-refractivity contribution in [2.75, 3.05) is 17.2 Å². The zero-order valence-electron chi connectivity index (χ0n) is 13.3. The Morgan fingerprint density at radius 1 is 1.29 bits per heavy atom. The lowest BCUT2D eigenvalue weighted by molar-refractivity contribution is -0.384. The largest absolute Gasteiger partial charge is 0.311 e. The summed E-state index contributed by atoms with van der Waals surface area (Å²) < 4.78 is 0. The van der Waals surface area contributed by atoms with E-state index in [-0.39, 0.29) is 17.5 Å². The van der Waals surface area contributed by atoms with Gasteiger partial charge in [-0.25, -0.2) is 0 Å². The first-order valence-electron chi connectivity index (χ1n) is 7.83. The number of thioether (sulfide) groups is 1. The zero-order valence-corrected chi connectivity index (χ0v) is 14.2. The maximum Gasteiger partial charge on any atom is 0.271 e. The summed E-state index contributed by atoms with van der Waals surface area (Å²) in [5.74, 6) is 0.557. The normalized spacial score (nSPS) is 14.3. The van der Waals surface area contributed by atoms with E-state index in [0.29, 0.717) is 18.0 Å². The molecule has 1 heterocycles. The number of carbonyl (C=O) groups excluding carboxylic acids is 1. The van der Waals surface area contributed by atoms with Crippen LogP contribution in [0.25, 0.3) is 0 Å². The molecule has 0 bridgehead atoms. The van der Waals surface area contributed by atoms with Crippen molar-refractivity contribution in [3.05, 3.63) is 64.2 Å². The Labute approximate surface area is 144 Å². The molecule has 1 amide bonds. The Bertz CT molecular complexity index is 764. The molecule has 0 saturated heterocycles. The summed E-state index contributed by atoms with van der Waals surface area (Å²) in [7, 11) is 0. The highest BCUT2D eigenvalue weighted by molar-refractivity contribution is 7.99. The highest BCUT2D eigenvalue weighted by Gasteiger charge is 2.29. The molecule has 0 N–H and O–H groups in total. The molecule has 0 radical (unpaired) electrons. The van der Waals surface area contributed by atoms with Gasteiger partial charge in [0.15, 0.2) is 0 Å². The number of hydrogen-bond donors (Lipinski definition) is 0. The lowest BCUT2D eigenvalue weighted by Gasteiger charge is -2.21. The smallest absolute Gasteiger partial charge is 0.271 e. The van der Waals surface area contributed by atoms with Crippen LogP contribution in [0.4, 0.5) is 11.4 Å². The molecule has 1 unspecified atom stereocenters. The number of hydrogen-bond acceptors (Lipinski definition) is 4. The van der Waals surface area contributed by atoms with E-state index in [1.807, 2.05) is 37.3 Å². The lowest BCUT2D eigenvalue weighted by atomic mass is 10.1. The third kappa shape index (κ3) is 3.43. The molecule has 124 valence electrons. The van der Waals surface area contributed by atoms with Gasteiger partial charge < -0.3 is 4.90 Å². The second-order valence-corrected chi connectivity index (χ2v) is 6.93. The van der Waals surface area contributed by atoms with Crippen molar-refractivity contribution < 1.29 is 9.72 Å². The number of amides is 1. The van der Waals surface area contributed by atoms with E-state index in [1.165, 1.54) is 12.1 Å². The standard InChI is InChI=1S/C18H18N2O3S/c1-13(12-24-16-5-3-2-4-6-16)18(21)19-10-9-14-7-8-15(20(22)23)11-17(14)19/h2-8,11,13H,9-10,12H2,1H3. The van der Waals surface area contributed by atoms with Gasteiger partial charge in [0.2, 0.25) is 5.91 Å². The van der Waals surface area contributed by atoms with Gasteiger partial charge in [-0.05, 0) is 24.1 Å². The molecule has 2 aromatic carbocycles. The molecule has 0 fully saturated rings. The first kappa shape index (κ1) is 16.5. The molecule has 0 aromatic heterocycles. The summed E-state index contributed by atoms with van der Waals surface area (Å²) in [4.78, 5) is 26.1. The van der Waals surface area contributed by atoms with Crippen LogP contribution in [0.3, 0.4) is 0 Å². The van der Waals surface area contributed by atoms with Gasteiger partial charge in [-0.3, -0.25) is 14.9 Å². The van der Waals surface area contributed by atoms with Crippen LogP contribution in [0.2, 0.25) is 0 Å². The van der Waals surface area contributed by atoms with Crippen LogP contribution in [0.1, 0.15) is 12.5 Å². The number of rotatable bonds is 5. The van der Waals surface area contributed by atoms with Crippen LogP contribution in [-0.4, -0.2) is 23.1 Å². The summed E-state index contributed by atoms with van der Waals surface area (Å²) in [6.45, 7) is 2.50. The van der Waals surface area contributed by atoms with Crippen LogP contribution in [-0.2, 0) is 11.2 Å². The summed E-state index contributed by atoms with van der Waals surface area (Å²) in [5, 5.41) is 11.0. The third-order valence-corrected chi connectivity index (χ3v) is 5.38. The molecule has 1 aliphatic rings. The average Bonchev–Trinajstić information content (AvgIpc) is 3.03. The summed E-state index contributed by atoms with van der Waals surface area (Å²) in [6.07, 6.45) is 0.748. The molecule has 0 saturated carbocycles. The minimum Gasteiger partial charge on any atom is -0.311 e. The number of nitro benzene ring substituents is 1. The average molecular weight is 342 g/mol. The quantitative estimate of drug-likeness (QED) is 0.469. The second-order valence-electron chi connectivity index (χ2n) is 5.84. The molecule has 5 nitrogen and oxygen atoms in total. The van der Waals surface area contributed by atoms with Crippen LogP contribution in [0.5, 0.6) is 0 Å². The van der Waals surface area contributed by atoms with E-state index in [1.54, 1.807) is 22.7 Å². The lowest BCUT2D eigenvalue weighted by Crippen LogP contribution is -2.34. The predicted octanol–water partition coefficient (Wildman–Crippen LogP) is 3.91. The highest BCUT2D eigenvalue weighted by atomic mass is 32.2. The number of benzene rings is 2. The van der Waals surface area contributed by atoms with E-state index >= 15 is 0 Å². The summed E-state index contributed by atoms with van der Waals surface area (Å²) in [5.41, 5.74) is 1.71. The first-order chi connectivity index (χ1) is 11.6. The van der Waals surface area contributed by atoms with Crippen molar-refractivity contribution in [2.45, 2.75) is 18.2 Å². The molecule has 1 aliphatic heterocycles. The molecule has 0 spiro atoms. The molecule has 0 aliphatic carbocycles. The Morgan fingerprint density at radius 3 is 2.75 bits per heavy atom. The number of anilines is 1. The maximum atomic E-state index is 12.8. The van der Waals surface area contributed by atoms with Crippen LogP contribution in [0.15, 0.2) is 53.4 Å². The van der Waals surface area contributed by atoms with E-state index < -0.39 is 4.92 Å². The second kappa shape index (κ2) is 7.05. The minimum absolute atomic E-state index is 0.0256. The van der Waals surface area contributed by atoms with Crippen LogP contribution >= 0.6 is 11.8 Å². The molecular weight excluding hydrogens is 324 g/mol. The number of carbonyl (C=O) groups is 1. The molecule has 2 aromatic rings. The Morgan fingerprint density at radius 2 is 2.04 bits per heavy atom. The zero-order chi connectivity index (χ0) is 17.1. The fourth-order valence-corrected chi connectivity index (χ4v) is 3.72. The van der Waals surface area contributed by atoms with Gasteiger partial charge in [0.1, 0.15) is 0 Å². The molecule has 1 atom stereocenters. The third-order valence-electron chi connectivity index (χ3n) is 4.11. The summed E-state index contributed by atoms with van der Waals surface area (Å²) in [6, 6.07) is 14.7. The minimum atomic E-state index is -0.421. The van der Waals surface area contributed by atoms with Gasteiger partial charge in [0.25, 0.3) is 5.69 Å². The van der Waals surface area contributed by atoms with Crippen molar-refractivity contribution in [1.29, 1.82) is 0 Å². The first-order valence-corrected chi connectivity index (χ1v) is 8.81. The van der Waals surface area contributed by atoms with Crippen molar-refractivity contribution in [2.24, 2.45) is 5.92 Å². The fraction of sp³-hybridized carbons (Fsp3) is 0.278. The fourth-order valence-electron chi connectivity index (χ4n) is 2.79. The highest BCUT2D eigenvalue weighted by Crippen LogP contribution is 2.33. The summed E-state index contributed by atoms with van der Waals surface area (Å²) >= 11 is 1.65. The van der Waals surface area contributed by atoms with Gasteiger partial charge in [-0.2, -0.15) is 0 Å². The van der Waals surface area contributed by atoms with Crippen LogP contribution in [0, 0.1) is 16.0 Å². The van der Waals surface area contributed by atoms with Gasteiger partial charge in [0, 0.05) is 35.2 Å². The van der Waals surface area contributed by atoms with E-state index in [9.17, 15) is 14.9 Å². The van der Waals surface area contributed by atoms with Gasteiger partial charge in [0.05, 0.1) is 10.6 Å². The molecule has 24 heavy (non-hydrogen) atoms. The maximum absolute atomic E-state index is 12.8. The number of nitro groups is 1. The van der Waals surface area contributed by atoms with Crippen molar-refractivity contribution in [3.63, 3.8) is 0 Å². The number of non-ortho nitro benzene ring substituents is 1. The van der Waals surface area contributed by atoms with Gasteiger partial charge >= 0.3 is 0 Å². The Kier molecular flexibility index (Phi) is 4.85. The van der Waals surface area contributed by atoms with Gasteiger partial charge in [-0.15, -0.1) is 11.8 Å². The van der Waals surface area contributed by atoms with E-state index in [2.05, 4.69) is 0 Å². The Hall–Kier alpha value is -2.34. The molecule has 6 heteroatoms. The number of nitrogens with zero attached hydrogens (tertiary/aromatic N) is 2. The molecular formula is C18H18N2O3S. The topological polar surface area (TPSA) is 63.5 Å². The number of fused-ring (bicyclic) bond motifs is 1. The van der Waals surface area contributed by atoms with E-state index in [0.717, 1.165) is 16.9 Å². The van der Waals surface area contributed by atoms with Gasteiger partial charge in [-0.1, -0.05) is 31.2 Å². The predicted molar refractivity (Wildman–Crippen MR) is 95.5 cm³/mol. The van der Waals surface area contributed by atoms with Crippen molar-refractivity contribution >= 4 is 29.0 Å². The van der Waals surface area contributed by atoms with Crippen molar-refractivity contribution in [1.82, 2.24) is 0 Å². The van der Waals surface area contributed by atoms with Crippen LogP contribution < -0.4 is 4.90 Å². The monoisotopic (exact) mass is 342 g/mol. The Balaban J connectivity index is 1.70. The molecule has 3 rings (SSSR count). The van der Waals surface area contributed by atoms with E-state index in [4.69, 9.17) is 0 Å².